The summed E-state index contributed by atoms with van der Waals surface area (Å²) in [6.07, 6.45) is 2.84. The van der Waals surface area contributed by atoms with Gasteiger partial charge in [0.2, 0.25) is 0 Å². The van der Waals surface area contributed by atoms with Crippen molar-refractivity contribution in [3.63, 3.8) is 0 Å². The van der Waals surface area contributed by atoms with Crippen LogP contribution in [0.3, 0.4) is 0 Å². The van der Waals surface area contributed by atoms with Crippen molar-refractivity contribution in [2.24, 2.45) is 0 Å². The molecule has 2 N–H and O–H groups in total. The van der Waals surface area contributed by atoms with Gasteiger partial charge in [-0.25, -0.2) is 10.5 Å². The lowest BCUT2D eigenvalue weighted by Crippen LogP contribution is -2.27. The first kappa shape index (κ1) is 15.8. The van der Waals surface area contributed by atoms with Gasteiger partial charge >= 0.3 is 0 Å². The van der Waals surface area contributed by atoms with Crippen LogP contribution in [-0.2, 0) is 19.5 Å². The maximum Gasteiger partial charge on any atom is 0.274 e. The van der Waals surface area contributed by atoms with Crippen molar-refractivity contribution in [1.82, 2.24) is 19.9 Å². The van der Waals surface area contributed by atoms with Crippen LogP contribution in [0.1, 0.15) is 27.2 Å². The van der Waals surface area contributed by atoms with E-state index in [0.29, 0.717) is 12.1 Å². The van der Waals surface area contributed by atoms with Crippen molar-refractivity contribution in [2.75, 3.05) is 13.6 Å². The van der Waals surface area contributed by atoms with Gasteiger partial charge < -0.3 is 9.47 Å². The van der Waals surface area contributed by atoms with Crippen molar-refractivity contribution in [1.29, 1.82) is 0 Å². The van der Waals surface area contributed by atoms with Crippen LogP contribution in [0.15, 0.2) is 42.6 Å². The van der Waals surface area contributed by atoms with Crippen LogP contribution in [0.5, 0.6) is 0 Å². The summed E-state index contributed by atoms with van der Waals surface area (Å²) in [5.74, 6) is -0.500. The van der Waals surface area contributed by atoms with Crippen LogP contribution in [0.2, 0.25) is 0 Å². The Morgan fingerprint density at radius 2 is 2.08 bits per heavy atom. The smallest absolute Gasteiger partial charge is 0.274 e. The predicted octanol–water partition coefficient (Wildman–Crippen LogP) is 2.19. The Balaban J connectivity index is 1.73. The van der Waals surface area contributed by atoms with Crippen LogP contribution in [-0.4, -0.2) is 39.2 Å². The minimum Gasteiger partial charge on any atom is -0.325 e. The Labute approximate surface area is 145 Å². The number of carbonyl (C=O) groups excluding carboxylic acids is 1. The van der Waals surface area contributed by atoms with E-state index in [9.17, 15) is 4.79 Å². The summed E-state index contributed by atoms with van der Waals surface area (Å²) in [5, 5.41) is 9.94. The number of amides is 1. The highest BCUT2D eigenvalue weighted by atomic mass is 16.5. The number of fused-ring (bicyclic) bond motifs is 3. The van der Waals surface area contributed by atoms with Gasteiger partial charge in [-0.3, -0.25) is 10.0 Å². The molecule has 0 atom stereocenters. The largest absolute Gasteiger partial charge is 0.325 e. The molecule has 128 valence electrons. The fourth-order valence-electron chi connectivity index (χ4n) is 3.58. The molecule has 4 rings (SSSR count). The average molecular weight is 336 g/mol. The number of likely N-dealkylation sites (N-methyl/N-ethyl adjacent to an activating group) is 1. The summed E-state index contributed by atoms with van der Waals surface area (Å²) < 4.78 is 2.29. The number of hydrogen-bond acceptors (Lipinski definition) is 4. The number of hydroxylamine groups is 1. The van der Waals surface area contributed by atoms with Gasteiger partial charge in [-0.15, -0.1) is 0 Å². The first-order valence-electron chi connectivity index (χ1n) is 8.34. The molecule has 2 aromatic heterocycles. The minimum absolute atomic E-state index is 0.436. The first-order valence-corrected chi connectivity index (χ1v) is 8.34. The highest BCUT2D eigenvalue weighted by Crippen LogP contribution is 2.30. The molecule has 6 nitrogen and oxygen atoms in total. The number of benzene rings is 1. The molecule has 1 aromatic carbocycles. The maximum absolute atomic E-state index is 11.5. The van der Waals surface area contributed by atoms with E-state index in [2.05, 4.69) is 27.6 Å². The number of nitrogens with one attached hydrogen (secondary N) is 1. The van der Waals surface area contributed by atoms with E-state index in [1.807, 2.05) is 24.4 Å². The van der Waals surface area contributed by atoms with Crippen LogP contribution < -0.4 is 5.48 Å². The summed E-state index contributed by atoms with van der Waals surface area (Å²) in [7, 11) is 2.15. The lowest BCUT2D eigenvalue weighted by Gasteiger charge is -2.24. The molecule has 1 aliphatic rings. The lowest BCUT2D eigenvalue weighted by molar-refractivity contribution is 0.0706. The third kappa shape index (κ3) is 2.79. The van der Waals surface area contributed by atoms with Gasteiger partial charge in [0.1, 0.15) is 5.65 Å². The summed E-state index contributed by atoms with van der Waals surface area (Å²) in [4.78, 5) is 18.4. The van der Waals surface area contributed by atoms with E-state index in [1.54, 1.807) is 17.6 Å². The summed E-state index contributed by atoms with van der Waals surface area (Å²) in [6.45, 7) is 2.70. The Hall–Kier alpha value is -2.70. The van der Waals surface area contributed by atoms with E-state index in [0.717, 1.165) is 30.7 Å². The van der Waals surface area contributed by atoms with Gasteiger partial charge in [0.25, 0.3) is 5.91 Å². The lowest BCUT2D eigenvalue weighted by atomic mass is 10.1. The second-order valence-electron chi connectivity index (χ2n) is 6.51. The monoisotopic (exact) mass is 336 g/mol. The number of carbonyl (C=O) groups is 1. The Morgan fingerprint density at radius 3 is 2.84 bits per heavy atom. The number of aromatic nitrogens is 2. The highest BCUT2D eigenvalue weighted by Gasteiger charge is 2.22. The Kier molecular flexibility index (Phi) is 3.99. The second-order valence-corrected chi connectivity index (χ2v) is 6.51. The average Bonchev–Trinajstić information content (AvgIpc) is 2.95. The van der Waals surface area contributed by atoms with E-state index >= 15 is 0 Å². The van der Waals surface area contributed by atoms with Crippen molar-refractivity contribution in [2.45, 2.75) is 19.5 Å². The molecule has 1 aliphatic heterocycles. The van der Waals surface area contributed by atoms with Crippen molar-refractivity contribution < 1.29 is 10.0 Å². The molecule has 25 heavy (non-hydrogen) atoms. The van der Waals surface area contributed by atoms with Crippen LogP contribution in [0.4, 0.5) is 0 Å². The third-order valence-corrected chi connectivity index (χ3v) is 4.86. The summed E-state index contributed by atoms with van der Waals surface area (Å²) in [6, 6.07) is 11.4. The fraction of sp³-hybridized carbons (Fsp3) is 0.263. The molecule has 1 amide bonds. The van der Waals surface area contributed by atoms with Crippen molar-refractivity contribution >= 4 is 16.9 Å². The number of pyridine rings is 1. The molecule has 0 saturated carbocycles. The molecule has 0 radical (unpaired) electrons. The van der Waals surface area contributed by atoms with E-state index in [1.165, 1.54) is 16.6 Å². The normalized spacial score (nSPS) is 14.5. The number of nitrogens with zero attached hydrogens (tertiary/aromatic N) is 3. The molecule has 6 heteroatoms. The zero-order valence-electron chi connectivity index (χ0n) is 14.1. The molecule has 0 unspecified atom stereocenters. The number of rotatable bonds is 3. The highest BCUT2D eigenvalue weighted by molar-refractivity contribution is 5.93. The molecule has 0 bridgehead atoms. The summed E-state index contributed by atoms with van der Waals surface area (Å²) >= 11 is 0. The van der Waals surface area contributed by atoms with E-state index < -0.39 is 5.91 Å². The van der Waals surface area contributed by atoms with Gasteiger partial charge in [0.05, 0.1) is 0 Å². The van der Waals surface area contributed by atoms with Gasteiger partial charge in [-0.05, 0) is 42.4 Å². The fourth-order valence-corrected chi connectivity index (χ4v) is 3.58. The van der Waals surface area contributed by atoms with E-state index in [-0.39, 0.29) is 0 Å². The first-order chi connectivity index (χ1) is 12.2. The SMILES string of the molecule is CN1CCc2c(c3cccnc3n2Cc2ccc(C(=O)NO)cc2)C1. The molecule has 0 spiro atoms. The molecule has 3 aromatic rings. The molecule has 3 heterocycles. The van der Waals surface area contributed by atoms with Gasteiger partial charge in [0, 0.05) is 48.9 Å². The van der Waals surface area contributed by atoms with Crippen LogP contribution in [0, 0.1) is 0 Å². The summed E-state index contributed by atoms with van der Waals surface area (Å²) in [5.41, 5.74) is 6.92. The Morgan fingerprint density at radius 1 is 1.28 bits per heavy atom. The molecule has 0 fully saturated rings. The molecule has 0 aliphatic carbocycles. The van der Waals surface area contributed by atoms with Gasteiger partial charge in [-0.1, -0.05) is 12.1 Å². The molecular weight excluding hydrogens is 316 g/mol. The van der Waals surface area contributed by atoms with Crippen LogP contribution in [0.25, 0.3) is 11.0 Å². The van der Waals surface area contributed by atoms with Gasteiger partial charge in [0.15, 0.2) is 0 Å². The zero-order chi connectivity index (χ0) is 17.4. The minimum atomic E-state index is -0.500. The predicted molar refractivity (Wildman–Crippen MR) is 94.6 cm³/mol. The zero-order valence-corrected chi connectivity index (χ0v) is 14.1. The van der Waals surface area contributed by atoms with Gasteiger partial charge in [-0.2, -0.15) is 0 Å². The van der Waals surface area contributed by atoms with Crippen molar-refractivity contribution in [3.8, 4) is 0 Å². The topological polar surface area (TPSA) is 70.4 Å². The standard InChI is InChI=1S/C19H20N4O2/c1-22-10-8-17-16(12-22)15-3-2-9-20-18(15)23(17)11-13-4-6-14(7-5-13)19(24)21-25/h2-7,9,25H,8,10-12H2,1H3,(H,21,24). The van der Waals surface area contributed by atoms with Crippen LogP contribution >= 0.6 is 0 Å². The molecule has 0 saturated heterocycles. The third-order valence-electron chi connectivity index (χ3n) is 4.86. The second kappa shape index (κ2) is 6.31. The Bertz CT molecular complexity index is 930. The quantitative estimate of drug-likeness (QED) is 0.568. The maximum atomic E-state index is 11.5. The van der Waals surface area contributed by atoms with Crippen molar-refractivity contribution in [3.05, 3.63) is 65.0 Å². The van der Waals surface area contributed by atoms with E-state index in [4.69, 9.17) is 5.21 Å². The number of hydrogen-bond donors (Lipinski definition) is 2. The molecular formula is C19H20N4O2.